The lowest BCUT2D eigenvalue weighted by Gasteiger charge is -2.61. The van der Waals surface area contributed by atoms with Crippen LogP contribution in [0.25, 0.3) is 0 Å². The van der Waals surface area contributed by atoms with Crippen LogP contribution in [0.15, 0.2) is 0 Å². The van der Waals surface area contributed by atoms with Crippen molar-refractivity contribution in [3.63, 3.8) is 0 Å². The van der Waals surface area contributed by atoms with Crippen LogP contribution in [-0.2, 0) is 9.53 Å². The van der Waals surface area contributed by atoms with Crippen molar-refractivity contribution < 1.29 is 9.53 Å². The molecule has 5 aliphatic rings. The first kappa shape index (κ1) is 16.8. The molecular weight excluding hydrogens is 308 g/mol. The minimum Gasteiger partial charge on any atom is -0.381 e. The van der Waals surface area contributed by atoms with Gasteiger partial charge in [-0.05, 0) is 91.8 Å². The van der Waals surface area contributed by atoms with E-state index in [4.69, 9.17) is 4.74 Å². The molecule has 0 aromatic carbocycles. The summed E-state index contributed by atoms with van der Waals surface area (Å²) in [5.74, 6) is 4.37. The normalized spacial score (nSPS) is 60.2. The van der Waals surface area contributed by atoms with E-state index in [0.29, 0.717) is 28.3 Å². The van der Waals surface area contributed by atoms with Crippen LogP contribution in [0.5, 0.6) is 0 Å². The largest absolute Gasteiger partial charge is 0.381 e. The summed E-state index contributed by atoms with van der Waals surface area (Å²) in [6.45, 7) is 7.35. The van der Waals surface area contributed by atoms with E-state index in [1.54, 1.807) is 0 Å². The average Bonchev–Trinajstić information content (AvgIpc) is 3.12. The van der Waals surface area contributed by atoms with Gasteiger partial charge in [-0.15, -0.1) is 0 Å². The molecule has 2 unspecified atom stereocenters. The van der Waals surface area contributed by atoms with E-state index in [9.17, 15) is 4.79 Å². The number of rotatable bonds is 3. The summed E-state index contributed by atoms with van der Waals surface area (Å²) < 4.78 is 6.18. The molecule has 0 heterocycles. The van der Waals surface area contributed by atoms with Crippen LogP contribution >= 0.6 is 0 Å². The van der Waals surface area contributed by atoms with Crippen molar-refractivity contribution in [2.75, 3.05) is 7.11 Å². The van der Waals surface area contributed by atoms with E-state index in [2.05, 4.69) is 20.8 Å². The topological polar surface area (TPSA) is 26.3 Å². The van der Waals surface area contributed by atoms with E-state index >= 15 is 0 Å². The molecule has 0 aliphatic heterocycles. The summed E-state index contributed by atoms with van der Waals surface area (Å²) in [5.41, 5.74) is 1.45. The van der Waals surface area contributed by atoms with Crippen LogP contribution in [0.2, 0.25) is 0 Å². The number of carbonyl (C=O) groups excluding carboxylic acids is 1. The molecule has 0 radical (unpaired) electrons. The number of carbonyl (C=O) groups is 1. The second-order valence-corrected chi connectivity index (χ2v) is 11.0. The third-order valence-electron chi connectivity index (χ3n) is 10.8. The molecule has 0 aromatic rings. The molecule has 0 N–H and O–H groups in total. The third-order valence-corrected chi connectivity index (χ3v) is 10.8. The Morgan fingerprint density at radius 1 is 1.08 bits per heavy atom. The maximum absolute atomic E-state index is 11.5. The van der Waals surface area contributed by atoms with Crippen molar-refractivity contribution in [3.05, 3.63) is 0 Å². The maximum Gasteiger partial charge on any atom is 0.123 e. The van der Waals surface area contributed by atoms with Gasteiger partial charge >= 0.3 is 0 Å². The maximum atomic E-state index is 11.5. The summed E-state index contributed by atoms with van der Waals surface area (Å²) in [6.07, 6.45) is 12.7. The van der Waals surface area contributed by atoms with E-state index < -0.39 is 0 Å². The minimum absolute atomic E-state index is 0.231. The van der Waals surface area contributed by atoms with Crippen LogP contribution in [0.1, 0.15) is 72.1 Å². The summed E-state index contributed by atoms with van der Waals surface area (Å²) in [5, 5.41) is 0. The molecule has 5 rings (SSSR count). The Bertz CT molecular complexity index is 587. The molecule has 2 nitrogen and oxygen atoms in total. The number of fused-ring (bicyclic) bond motifs is 4. The molecule has 5 saturated carbocycles. The van der Waals surface area contributed by atoms with Crippen molar-refractivity contribution in [2.45, 2.75) is 78.2 Å². The molecule has 0 saturated heterocycles. The quantitative estimate of drug-likeness (QED) is 0.665. The van der Waals surface area contributed by atoms with Crippen LogP contribution in [0.3, 0.4) is 0 Å². The number of methoxy groups -OCH3 is 1. The number of ether oxygens (including phenoxy) is 1. The van der Waals surface area contributed by atoms with Crippen molar-refractivity contribution in [1.29, 1.82) is 0 Å². The van der Waals surface area contributed by atoms with Gasteiger partial charge in [0, 0.05) is 18.4 Å². The van der Waals surface area contributed by atoms with Crippen LogP contribution in [0.4, 0.5) is 0 Å². The van der Waals surface area contributed by atoms with Gasteiger partial charge in [-0.1, -0.05) is 20.8 Å². The highest BCUT2D eigenvalue weighted by Crippen LogP contribution is 2.82. The second kappa shape index (κ2) is 5.12. The molecule has 5 aliphatic carbocycles. The van der Waals surface area contributed by atoms with Gasteiger partial charge in [0.25, 0.3) is 0 Å². The van der Waals surface area contributed by atoms with Gasteiger partial charge < -0.3 is 9.53 Å². The highest BCUT2D eigenvalue weighted by Gasteiger charge is 2.77. The SMILES string of the molecule is CO[C@@H]1C[C@H]2[C@@H]3CC[C@H]([C@H](C)C=O)[C@@]3(C)CC[C@@H]2[C@@]2(C)CCC3CC312. The zero-order valence-corrected chi connectivity index (χ0v) is 16.6. The fourth-order valence-electron chi connectivity index (χ4n) is 9.58. The first-order valence-corrected chi connectivity index (χ1v) is 10.9. The predicted molar refractivity (Wildman–Crippen MR) is 99.1 cm³/mol. The van der Waals surface area contributed by atoms with Crippen molar-refractivity contribution >= 4 is 6.29 Å². The van der Waals surface area contributed by atoms with Gasteiger partial charge in [-0.25, -0.2) is 0 Å². The Hall–Kier alpha value is -0.370. The predicted octanol–water partition coefficient (Wildman–Crippen LogP) is 5.11. The molecule has 1 spiro atoms. The average molecular weight is 345 g/mol. The highest BCUT2D eigenvalue weighted by atomic mass is 16.5. The number of hydrogen-bond donors (Lipinski definition) is 0. The molecule has 0 bridgehead atoms. The Morgan fingerprint density at radius 2 is 1.88 bits per heavy atom. The van der Waals surface area contributed by atoms with Gasteiger partial charge in [0.15, 0.2) is 0 Å². The summed E-state index contributed by atoms with van der Waals surface area (Å²) in [7, 11) is 1.97. The molecule has 2 heteroatoms. The lowest BCUT2D eigenvalue weighted by Crippen LogP contribution is -2.57. The minimum atomic E-state index is 0.231. The zero-order valence-electron chi connectivity index (χ0n) is 16.6. The van der Waals surface area contributed by atoms with Crippen molar-refractivity contribution in [2.24, 2.45) is 51.8 Å². The molecule has 10 atom stereocenters. The number of hydrogen-bond acceptors (Lipinski definition) is 2. The Morgan fingerprint density at radius 3 is 2.56 bits per heavy atom. The van der Waals surface area contributed by atoms with Gasteiger partial charge in [0.1, 0.15) is 6.29 Å². The molecule has 25 heavy (non-hydrogen) atoms. The van der Waals surface area contributed by atoms with Crippen LogP contribution < -0.4 is 0 Å². The molecular formula is C23H36O2. The lowest BCUT2D eigenvalue weighted by atomic mass is 9.45. The van der Waals surface area contributed by atoms with E-state index in [0.717, 1.165) is 23.7 Å². The standard InChI is InChI=1S/C23H36O2/c1-14(13-24)17-5-6-18-16-11-20(25-4)23-12-15(23)7-10-22(23,3)19(16)8-9-21(17,18)2/h13-20H,5-12H2,1-4H3/t14-,15?,16+,17-,18+,19+,20-,21-,22-,23?/m1/s1. The zero-order chi connectivity index (χ0) is 17.6. The lowest BCUT2D eigenvalue weighted by molar-refractivity contribution is -0.161. The van der Waals surface area contributed by atoms with Gasteiger partial charge in [0.05, 0.1) is 6.10 Å². The molecule has 5 fully saturated rings. The molecule has 0 amide bonds. The van der Waals surface area contributed by atoms with Gasteiger partial charge in [-0.2, -0.15) is 0 Å². The molecule has 0 aromatic heterocycles. The second-order valence-electron chi connectivity index (χ2n) is 11.0. The smallest absolute Gasteiger partial charge is 0.123 e. The number of aldehydes is 1. The first-order chi connectivity index (χ1) is 11.9. The fraction of sp³-hybridized carbons (Fsp3) is 0.957. The van der Waals surface area contributed by atoms with E-state index in [1.807, 2.05) is 7.11 Å². The van der Waals surface area contributed by atoms with Crippen LogP contribution in [-0.4, -0.2) is 19.5 Å². The van der Waals surface area contributed by atoms with Crippen LogP contribution in [0, 0.1) is 51.8 Å². The van der Waals surface area contributed by atoms with Gasteiger partial charge in [-0.3, -0.25) is 0 Å². The van der Waals surface area contributed by atoms with E-state index in [-0.39, 0.29) is 5.92 Å². The first-order valence-electron chi connectivity index (χ1n) is 10.9. The summed E-state index contributed by atoms with van der Waals surface area (Å²) >= 11 is 0. The Labute approximate surface area is 153 Å². The third kappa shape index (κ3) is 1.79. The van der Waals surface area contributed by atoms with E-state index in [1.165, 1.54) is 57.7 Å². The van der Waals surface area contributed by atoms with Crippen molar-refractivity contribution in [3.8, 4) is 0 Å². The van der Waals surface area contributed by atoms with Crippen molar-refractivity contribution in [1.82, 2.24) is 0 Å². The highest BCUT2D eigenvalue weighted by molar-refractivity contribution is 5.53. The monoisotopic (exact) mass is 344 g/mol. The summed E-state index contributed by atoms with van der Waals surface area (Å²) in [4.78, 5) is 11.5. The fourth-order valence-corrected chi connectivity index (χ4v) is 9.58. The Balaban J connectivity index is 1.50. The molecule has 140 valence electrons. The van der Waals surface area contributed by atoms with Gasteiger partial charge in [0.2, 0.25) is 0 Å². The Kier molecular flexibility index (Phi) is 3.43. The summed E-state index contributed by atoms with van der Waals surface area (Å²) in [6, 6.07) is 0.